The van der Waals surface area contributed by atoms with Crippen LogP contribution in [0.5, 0.6) is 0 Å². The summed E-state index contributed by atoms with van der Waals surface area (Å²) in [7, 11) is 0. The average molecular weight is 186 g/mol. The number of fused-ring (bicyclic) bond motifs is 1. The fourth-order valence-corrected chi connectivity index (χ4v) is 1.62. The molecular weight excluding hydrogens is 172 g/mol. The molecule has 0 spiro atoms. The molecule has 0 amide bonds. The summed E-state index contributed by atoms with van der Waals surface area (Å²) in [5, 5.41) is 1.14. The van der Waals surface area contributed by atoms with Gasteiger partial charge in [0, 0.05) is 17.1 Å². The SMILES string of the molecule is CC(C)(N)c1cccc2cccnc12. The van der Waals surface area contributed by atoms with Crippen LogP contribution in [-0.2, 0) is 5.54 Å². The Morgan fingerprint density at radius 3 is 2.57 bits per heavy atom. The highest BCUT2D eigenvalue weighted by Gasteiger charge is 2.17. The van der Waals surface area contributed by atoms with Gasteiger partial charge in [-0.3, -0.25) is 4.98 Å². The number of rotatable bonds is 1. The third kappa shape index (κ3) is 1.49. The molecule has 2 N–H and O–H groups in total. The third-order valence-corrected chi connectivity index (χ3v) is 2.33. The Balaban J connectivity index is 2.78. The van der Waals surface area contributed by atoms with Crippen LogP contribution < -0.4 is 5.73 Å². The number of hydrogen-bond acceptors (Lipinski definition) is 2. The van der Waals surface area contributed by atoms with Crippen molar-refractivity contribution in [2.45, 2.75) is 19.4 Å². The van der Waals surface area contributed by atoms with Gasteiger partial charge in [0.2, 0.25) is 0 Å². The zero-order chi connectivity index (χ0) is 10.2. The summed E-state index contributed by atoms with van der Waals surface area (Å²) in [6.07, 6.45) is 1.80. The Bertz CT molecular complexity index is 450. The molecule has 2 aromatic rings. The quantitative estimate of drug-likeness (QED) is 0.742. The van der Waals surface area contributed by atoms with E-state index < -0.39 is 0 Å². The minimum absolute atomic E-state index is 0.339. The van der Waals surface area contributed by atoms with Crippen molar-refractivity contribution in [2.24, 2.45) is 5.73 Å². The van der Waals surface area contributed by atoms with Gasteiger partial charge in [-0.25, -0.2) is 0 Å². The highest BCUT2D eigenvalue weighted by atomic mass is 14.7. The Morgan fingerprint density at radius 2 is 1.86 bits per heavy atom. The van der Waals surface area contributed by atoms with Gasteiger partial charge < -0.3 is 5.73 Å². The molecule has 2 heteroatoms. The van der Waals surface area contributed by atoms with E-state index in [1.807, 2.05) is 32.0 Å². The highest BCUT2D eigenvalue weighted by molar-refractivity contribution is 5.82. The second-order valence-corrected chi connectivity index (χ2v) is 4.10. The summed E-state index contributed by atoms with van der Waals surface area (Å²) in [4.78, 5) is 4.37. The lowest BCUT2D eigenvalue weighted by Gasteiger charge is -2.20. The highest BCUT2D eigenvalue weighted by Crippen LogP contribution is 2.24. The van der Waals surface area contributed by atoms with Crippen molar-refractivity contribution in [3.05, 3.63) is 42.1 Å². The molecule has 1 heterocycles. The first-order valence-electron chi connectivity index (χ1n) is 4.72. The van der Waals surface area contributed by atoms with Crippen LogP contribution in [0.2, 0.25) is 0 Å². The molecule has 2 nitrogen and oxygen atoms in total. The Kier molecular flexibility index (Phi) is 2.01. The van der Waals surface area contributed by atoms with Gasteiger partial charge in [-0.1, -0.05) is 24.3 Å². The van der Waals surface area contributed by atoms with Crippen LogP contribution in [0.1, 0.15) is 19.4 Å². The molecule has 0 aliphatic heterocycles. The lowest BCUT2D eigenvalue weighted by molar-refractivity contribution is 0.558. The van der Waals surface area contributed by atoms with E-state index in [-0.39, 0.29) is 5.54 Å². The van der Waals surface area contributed by atoms with Gasteiger partial charge in [0.05, 0.1) is 5.52 Å². The van der Waals surface area contributed by atoms with E-state index in [0.29, 0.717) is 0 Å². The molecular formula is C12H14N2. The number of aromatic nitrogens is 1. The van der Waals surface area contributed by atoms with Crippen LogP contribution >= 0.6 is 0 Å². The van der Waals surface area contributed by atoms with Crippen LogP contribution in [0.3, 0.4) is 0 Å². The topological polar surface area (TPSA) is 38.9 Å². The first-order chi connectivity index (χ1) is 6.59. The van der Waals surface area contributed by atoms with Crippen molar-refractivity contribution in [3.8, 4) is 0 Å². The van der Waals surface area contributed by atoms with Gasteiger partial charge in [-0.05, 0) is 25.5 Å². The number of nitrogens with zero attached hydrogens (tertiary/aromatic N) is 1. The molecule has 1 aromatic heterocycles. The molecule has 0 unspecified atom stereocenters. The summed E-state index contributed by atoms with van der Waals surface area (Å²) in [6, 6.07) is 10.1. The van der Waals surface area contributed by atoms with Crippen LogP contribution in [-0.4, -0.2) is 4.98 Å². The Morgan fingerprint density at radius 1 is 1.14 bits per heavy atom. The second-order valence-electron chi connectivity index (χ2n) is 4.10. The molecule has 1 aromatic carbocycles. The lowest BCUT2D eigenvalue weighted by Crippen LogP contribution is -2.29. The molecule has 0 saturated carbocycles. The van der Waals surface area contributed by atoms with E-state index in [2.05, 4.69) is 17.1 Å². The standard InChI is InChI=1S/C12H14N2/c1-12(2,13)10-7-3-5-9-6-4-8-14-11(9)10/h3-8H,13H2,1-2H3. The normalized spacial score (nSPS) is 11.9. The van der Waals surface area contributed by atoms with Crippen LogP contribution in [0, 0.1) is 0 Å². The number of nitrogens with two attached hydrogens (primary N) is 1. The van der Waals surface area contributed by atoms with Crippen molar-refractivity contribution in [1.82, 2.24) is 4.98 Å². The summed E-state index contributed by atoms with van der Waals surface area (Å²) < 4.78 is 0. The van der Waals surface area contributed by atoms with Crippen LogP contribution in [0.15, 0.2) is 36.5 Å². The zero-order valence-corrected chi connectivity index (χ0v) is 8.49. The number of hydrogen-bond donors (Lipinski definition) is 1. The van der Waals surface area contributed by atoms with E-state index in [4.69, 9.17) is 5.73 Å². The van der Waals surface area contributed by atoms with E-state index in [1.165, 1.54) is 0 Å². The molecule has 0 saturated heterocycles. The maximum atomic E-state index is 6.08. The van der Waals surface area contributed by atoms with Gasteiger partial charge in [0.15, 0.2) is 0 Å². The fraction of sp³-hybridized carbons (Fsp3) is 0.250. The van der Waals surface area contributed by atoms with E-state index in [1.54, 1.807) is 6.20 Å². The van der Waals surface area contributed by atoms with E-state index >= 15 is 0 Å². The van der Waals surface area contributed by atoms with Gasteiger partial charge in [-0.15, -0.1) is 0 Å². The van der Waals surface area contributed by atoms with Gasteiger partial charge in [-0.2, -0.15) is 0 Å². The summed E-state index contributed by atoms with van der Waals surface area (Å²) in [5.41, 5.74) is 7.84. The third-order valence-electron chi connectivity index (χ3n) is 2.33. The van der Waals surface area contributed by atoms with Gasteiger partial charge in [0.1, 0.15) is 0 Å². The van der Waals surface area contributed by atoms with Gasteiger partial charge >= 0.3 is 0 Å². The van der Waals surface area contributed by atoms with Crippen molar-refractivity contribution in [1.29, 1.82) is 0 Å². The zero-order valence-electron chi connectivity index (χ0n) is 8.49. The average Bonchev–Trinajstić information content (AvgIpc) is 2.15. The molecule has 2 rings (SSSR count). The van der Waals surface area contributed by atoms with Gasteiger partial charge in [0.25, 0.3) is 0 Å². The first-order valence-corrected chi connectivity index (χ1v) is 4.72. The van der Waals surface area contributed by atoms with E-state index in [9.17, 15) is 0 Å². The van der Waals surface area contributed by atoms with Crippen molar-refractivity contribution in [2.75, 3.05) is 0 Å². The molecule has 14 heavy (non-hydrogen) atoms. The summed E-state index contributed by atoms with van der Waals surface area (Å²) >= 11 is 0. The molecule has 0 atom stereocenters. The molecule has 0 radical (unpaired) electrons. The Hall–Kier alpha value is -1.41. The molecule has 0 fully saturated rings. The van der Waals surface area contributed by atoms with Crippen LogP contribution in [0.25, 0.3) is 10.9 Å². The first kappa shape index (κ1) is 9.16. The molecule has 0 bridgehead atoms. The molecule has 0 aliphatic rings. The monoisotopic (exact) mass is 186 g/mol. The predicted octanol–water partition coefficient (Wildman–Crippen LogP) is 2.43. The summed E-state index contributed by atoms with van der Waals surface area (Å²) in [5.74, 6) is 0. The fourth-order valence-electron chi connectivity index (χ4n) is 1.62. The number of benzene rings is 1. The number of para-hydroxylation sites is 1. The summed E-state index contributed by atoms with van der Waals surface area (Å²) in [6.45, 7) is 3.99. The maximum Gasteiger partial charge on any atom is 0.0752 e. The van der Waals surface area contributed by atoms with Crippen LogP contribution in [0.4, 0.5) is 0 Å². The largest absolute Gasteiger partial charge is 0.322 e. The van der Waals surface area contributed by atoms with E-state index in [0.717, 1.165) is 16.5 Å². The molecule has 0 aliphatic carbocycles. The minimum atomic E-state index is -0.339. The smallest absolute Gasteiger partial charge is 0.0752 e. The second kappa shape index (κ2) is 3.07. The predicted molar refractivity (Wildman–Crippen MR) is 59.0 cm³/mol. The van der Waals surface area contributed by atoms with Crippen molar-refractivity contribution >= 4 is 10.9 Å². The minimum Gasteiger partial charge on any atom is -0.322 e. The lowest BCUT2D eigenvalue weighted by atomic mass is 9.93. The maximum absolute atomic E-state index is 6.08. The van der Waals surface area contributed by atoms with Crippen molar-refractivity contribution < 1.29 is 0 Å². The molecule has 72 valence electrons. The Labute approximate surface area is 83.8 Å². The van der Waals surface area contributed by atoms with Crippen molar-refractivity contribution in [3.63, 3.8) is 0 Å². The number of pyridine rings is 1.